The topological polar surface area (TPSA) is 15.7 Å². The molecule has 0 saturated heterocycles. The van der Waals surface area contributed by atoms with Gasteiger partial charge in [0.2, 0.25) is 0 Å². The molecular weight excluding hydrogens is 356 g/mol. The van der Waals surface area contributed by atoms with Gasteiger partial charge in [0.05, 0.1) is 6.61 Å². The molecule has 29 heavy (non-hydrogen) atoms. The lowest BCUT2D eigenvalue weighted by Gasteiger charge is -2.20. The second kappa shape index (κ2) is 13.1. The monoisotopic (exact) mass is 394 g/mol. The molecule has 158 valence electrons. The normalized spacial score (nSPS) is 11.3. The van der Waals surface area contributed by atoms with Crippen molar-refractivity contribution in [3.05, 3.63) is 59.7 Å². The summed E-state index contributed by atoms with van der Waals surface area (Å²) in [6, 6.07) is 16.7. The zero-order chi connectivity index (χ0) is 20.9. The largest absolute Gasteiger partial charge is 0.493 e. The first-order valence-electron chi connectivity index (χ1n) is 11.0. The van der Waals surface area contributed by atoms with E-state index < -0.39 is 0 Å². The summed E-state index contributed by atoms with van der Waals surface area (Å²) in [5.74, 6) is 0.963. The molecule has 0 fully saturated rings. The SMILES string of the molecule is CCCN(CCC)CCCCOc1ccccc1C=Cc1ccccc1N(C)C. The van der Waals surface area contributed by atoms with Gasteiger partial charge in [0.25, 0.3) is 0 Å². The zero-order valence-corrected chi connectivity index (χ0v) is 18.7. The Morgan fingerprint density at radius 3 is 2.07 bits per heavy atom. The second-order valence-corrected chi connectivity index (χ2v) is 7.72. The summed E-state index contributed by atoms with van der Waals surface area (Å²) in [6.07, 6.45) is 9.06. The van der Waals surface area contributed by atoms with Crippen LogP contribution in [0.1, 0.15) is 50.7 Å². The lowest BCUT2D eigenvalue weighted by Crippen LogP contribution is -2.26. The summed E-state index contributed by atoms with van der Waals surface area (Å²) in [5, 5.41) is 0. The second-order valence-electron chi connectivity index (χ2n) is 7.72. The van der Waals surface area contributed by atoms with Crippen LogP contribution >= 0.6 is 0 Å². The molecule has 0 spiro atoms. The maximum atomic E-state index is 6.12. The minimum absolute atomic E-state index is 0.769. The van der Waals surface area contributed by atoms with Gasteiger partial charge in [0.15, 0.2) is 0 Å². The van der Waals surface area contributed by atoms with Crippen molar-refractivity contribution in [2.45, 2.75) is 39.5 Å². The molecule has 0 aliphatic carbocycles. The van der Waals surface area contributed by atoms with Gasteiger partial charge in [0.1, 0.15) is 5.75 Å². The fraction of sp³-hybridized carbons (Fsp3) is 0.462. The molecule has 2 aromatic carbocycles. The summed E-state index contributed by atoms with van der Waals surface area (Å²) >= 11 is 0. The molecule has 0 saturated carbocycles. The van der Waals surface area contributed by atoms with Gasteiger partial charge in [-0.15, -0.1) is 0 Å². The number of para-hydroxylation sites is 2. The number of hydrogen-bond donors (Lipinski definition) is 0. The molecular formula is C26H38N2O. The van der Waals surface area contributed by atoms with Gasteiger partial charge >= 0.3 is 0 Å². The number of benzene rings is 2. The lowest BCUT2D eigenvalue weighted by atomic mass is 10.1. The third-order valence-electron chi connectivity index (χ3n) is 4.99. The van der Waals surface area contributed by atoms with Crippen LogP contribution in [0.5, 0.6) is 5.75 Å². The zero-order valence-electron chi connectivity index (χ0n) is 18.7. The van der Waals surface area contributed by atoms with Gasteiger partial charge < -0.3 is 14.5 Å². The standard InChI is InChI=1S/C26H38N2O/c1-5-19-28(20-6-2)21-11-12-22-29-26-16-10-8-14-24(26)18-17-23-13-7-9-15-25(23)27(3)4/h7-10,13-18H,5-6,11-12,19-22H2,1-4H3. The van der Waals surface area contributed by atoms with E-state index >= 15 is 0 Å². The van der Waals surface area contributed by atoms with Crippen LogP contribution in [-0.2, 0) is 0 Å². The summed E-state index contributed by atoms with van der Waals surface area (Å²) < 4.78 is 6.12. The van der Waals surface area contributed by atoms with E-state index in [0.717, 1.165) is 24.3 Å². The van der Waals surface area contributed by atoms with E-state index in [-0.39, 0.29) is 0 Å². The number of rotatable bonds is 13. The molecule has 0 bridgehead atoms. The van der Waals surface area contributed by atoms with Crippen LogP contribution in [0.25, 0.3) is 12.2 Å². The van der Waals surface area contributed by atoms with Crippen molar-refractivity contribution in [2.75, 3.05) is 45.2 Å². The summed E-state index contributed by atoms with van der Waals surface area (Å²) in [6.45, 7) is 8.87. The number of hydrogen-bond acceptors (Lipinski definition) is 3. The van der Waals surface area contributed by atoms with Crippen LogP contribution in [-0.4, -0.2) is 45.2 Å². The molecule has 0 aromatic heterocycles. The van der Waals surface area contributed by atoms with Gasteiger partial charge in [-0.2, -0.15) is 0 Å². The minimum Gasteiger partial charge on any atom is -0.493 e. The van der Waals surface area contributed by atoms with E-state index in [1.165, 1.54) is 50.1 Å². The van der Waals surface area contributed by atoms with Gasteiger partial charge in [0, 0.05) is 25.3 Å². The van der Waals surface area contributed by atoms with Gasteiger partial charge in [-0.3, -0.25) is 0 Å². The lowest BCUT2D eigenvalue weighted by molar-refractivity contribution is 0.250. The number of ether oxygens (including phenoxy) is 1. The highest BCUT2D eigenvalue weighted by Crippen LogP contribution is 2.24. The third kappa shape index (κ3) is 7.94. The average molecular weight is 395 g/mol. The number of nitrogens with zero attached hydrogens (tertiary/aromatic N) is 2. The molecule has 0 N–H and O–H groups in total. The van der Waals surface area contributed by atoms with E-state index in [9.17, 15) is 0 Å². The van der Waals surface area contributed by atoms with Crippen LogP contribution < -0.4 is 9.64 Å². The average Bonchev–Trinajstić information content (AvgIpc) is 2.73. The van der Waals surface area contributed by atoms with Crippen molar-refractivity contribution in [3.63, 3.8) is 0 Å². The van der Waals surface area contributed by atoms with Crippen LogP contribution in [0, 0.1) is 0 Å². The summed E-state index contributed by atoms with van der Waals surface area (Å²) in [7, 11) is 4.15. The minimum atomic E-state index is 0.769. The van der Waals surface area contributed by atoms with Crippen molar-refractivity contribution in [2.24, 2.45) is 0 Å². The Balaban J connectivity index is 1.91. The van der Waals surface area contributed by atoms with Crippen LogP contribution in [0.15, 0.2) is 48.5 Å². The van der Waals surface area contributed by atoms with Crippen molar-refractivity contribution in [1.82, 2.24) is 4.90 Å². The molecule has 0 atom stereocenters. The highest BCUT2D eigenvalue weighted by atomic mass is 16.5. The molecule has 2 aromatic rings. The van der Waals surface area contributed by atoms with E-state index in [4.69, 9.17) is 4.74 Å². The number of unbranched alkanes of at least 4 members (excludes halogenated alkanes) is 1. The predicted molar refractivity (Wildman–Crippen MR) is 128 cm³/mol. The Hall–Kier alpha value is -2.26. The Morgan fingerprint density at radius 2 is 1.38 bits per heavy atom. The molecule has 0 aliphatic heterocycles. The molecule has 0 amide bonds. The molecule has 0 heterocycles. The van der Waals surface area contributed by atoms with Gasteiger partial charge in [-0.1, -0.05) is 62.4 Å². The smallest absolute Gasteiger partial charge is 0.126 e. The molecule has 3 heteroatoms. The Kier molecular flexibility index (Phi) is 10.4. The third-order valence-corrected chi connectivity index (χ3v) is 4.99. The Morgan fingerprint density at radius 1 is 0.759 bits per heavy atom. The highest BCUT2D eigenvalue weighted by Gasteiger charge is 2.04. The Bertz CT molecular complexity index is 733. The summed E-state index contributed by atoms with van der Waals surface area (Å²) in [5.41, 5.74) is 3.55. The summed E-state index contributed by atoms with van der Waals surface area (Å²) in [4.78, 5) is 4.71. The van der Waals surface area contributed by atoms with E-state index in [2.05, 4.69) is 92.4 Å². The highest BCUT2D eigenvalue weighted by molar-refractivity contribution is 5.78. The van der Waals surface area contributed by atoms with Crippen LogP contribution in [0.3, 0.4) is 0 Å². The fourth-order valence-electron chi connectivity index (χ4n) is 3.55. The van der Waals surface area contributed by atoms with Gasteiger partial charge in [-0.05, 0) is 63.0 Å². The first-order valence-corrected chi connectivity index (χ1v) is 11.0. The van der Waals surface area contributed by atoms with Crippen molar-refractivity contribution >= 4 is 17.8 Å². The van der Waals surface area contributed by atoms with Crippen LogP contribution in [0.4, 0.5) is 5.69 Å². The molecule has 0 unspecified atom stereocenters. The first kappa shape index (κ1) is 23.0. The van der Waals surface area contributed by atoms with E-state index in [0.29, 0.717) is 0 Å². The van der Waals surface area contributed by atoms with E-state index in [1.807, 2.05) is 6.07 Å². The number of anilines is 1. The molecule has 0 radical (unpaired) electrons. The van der Waals surface area contributed by atoms with Gasteiger partial charge in [-0.25, -0.2) is 0 Å². The molecule has 0 aliphatic rings. The maximum Gasteiger partial charge on any atom is 0.126 e. The van der Waals surface area contributed by atoms with Crippen molar-refractivity contribution in [1.29, 1.82) is 0 Å². The molecule has 2 rings (SSSR count). The fourth-order valence-corrected chi connectivity index (χ4v) is 3.55. The quantitative estimate of drug-likeness (QED) is 0.297. The first-order chi connectivity index (χ1) is 14.2. The molecule has 3 nitrogen and oxygen atoms in total. The van der Waals surface area contributed by atoms with E-state index in [1.54, 1.807) is 0 Å². The Labute approximate surface area is 178 Å². The van der Waals surface area contributed by atoms with Crippen LogP contribution in [0.2, 0.25) is 0 Å². The maximum absolute atomic E-state index is 6.12. The van der Waals surface area contributed by atoms with Crippen molar-refractivity contribution in [3.8, 4) is 5.75 Å². The predicted octanol–water partition coefficient (Wildman–Crippen LogP) is 6.20. The van der Waals surface area contributed by atoms with Crippen molar-refractivity contribution < 1.29 is 4.74 Å².